The number of aromatic nitrogens is 1. The zero-order chi connectivity index (χ0) is 21.1. The lowest BCUT2D eigenvalue weighted by atomic mass is 10.0. The van der Waals surface area contributed by atoms with Crippen LogP contribution in [-0.2, 0) is 6.54 Å². The van der Waals surface area contributed by atoms with Gasteiger partial charge in [0.2, 0.25) is 0 Å². The zero-order valence-corrected chi connectivity index (χ0v) is 17.3. The number of carbonyl (C=O) groups is 1. The van der Waals surface area contributed by atoms with Crippen LogP contribution < -0.4 is 10.9 Å². The fourth-order valence-corrected chi connectivity index (χ4v) is 3.64. The molecule has 0 saturated carbocycles. The number of hydrogen-bond donors (Lipinski definition) is 1. The molecular weight excluding hydrogens is 396 g/mol. The van der Waals surface area contributed by atoms with Gasteiger partial charge in [-0.2, -0.15) is 0 Å². The molecule has 4 nitrogen and oxygen atoms in total. The molecule has 0 aliphatic carbocycles. The molecule has 1 N–H and O–H groups in total. The van der Waals surface area contributed by atoms with Crippen LogP contribution in [0.15, 0.2) is 89.9 Å². The lowest BCUT2D eigenvalue weighted by molar-refractivity contribution is 0.0939. The van der Waals surface area contributed by atoms with Crippen molar-refractivity contribution in [2.24, 2.45) is 0 Å². The molecule has 0 radical (unpaired) electrons. The lowest BCUT2D eigenvalue weighted by Gasteiger charge is -2.16. The van der Waals surface area contributed by atoms with E-state index in [2.05, 4.69) is 29.6 Å². The van der Waals surface area contributed by atoms with Crippen molar-refractivity contribution in [1.82, 2.24) is 9.88 Å². The minimum absolute atomic E-state index is 0.175. The molecule has 0 spiro atoms. The van der Waals surface area contributed by atoms with Gasteiger partial charge in [0, 0.05) is 17.3 Å². The van der Waals surface area contributed by atoms with E-state index in [-0.39, 0.29) is 17.5 Å². The summed E-state index contributed by atoms with van der Waals surface area (Å²) in [5.74, 6) is -0.233. The molecule has 1 heterocycles. The van der Waals surface area contributed by atoms with Crippen molar-refractivity contribution in [3.63, 3.8) is 0 Å². The summed E-state index contributed by atoms with van der Waals surface area (Å²) in [5.41, 5.74) is 2.08. The molecule has 1 atom stereocenters. The minimum atomic E-state index is -0.233. The molecule has 5 heteroatoms. The maximum Gasteiger partial charge on any atom is 0.253 e. The molecule has 4 aromatic rings. The Morgan fingerprint density at radius 3 is 2.50 bits per heavy atom. The molecule has 150 valence electrons. The summed E-state index contributed by atoms with van der Waals surface area (Å²) in [4.78, 5) is 25.1. The Kier molecular flexibility index (Phi) is 5.68. The topological polar surface area (TPSA) is 51.1 Å². The van der Waals surface area contributed by atoms with Gasteiger partial charge in [0.1, 0.15) is 0 Å². The van der Waals surface area contributed by atoms with E-state index in [4.69, 9.17) is 11.6 Å². The number of benzene rings is 3. The van der Waals surface area contributed by atoms with Gasteiger partial charge in [0.25, 0.3) is 11.5 Å². The maximum absolute atomic E-state index is 12.8. The Morgan fingerprint density at radius 1 is 0.967 bits per heavy atom. The van der Waals surface area contributed by atoms with Gasteiger partial charge >= 0.3 is 0 Å². The zero-order valence-electron chi connectivity index (χ0n) is 16.5. The average Bonchev–Trinajstić information content (AvgIpc) is 2.76. The van der Waals surface area contributed by atoms with Crippen LogP contribution in [-0.4, -0.2) is 10.5 Å². The fourth-order valence-electron chi connectivity index (χ4n) is 3.44. The first-order valence-electron chi connectivity index (χ1n) is 9.75. The summed E-state index contributed by atoms with van der Waals surface area (Å²) in [5, 5.41) is 5.89. The predicted octanol–water partition coefficient (Wildman–Crippen LogP) is 5.19. The summed E-state index contributed by atoms with van der Waals surface area (Å²) < 4.78 is 1.50. The van der Waals surface area contributed by atoms with Gasteiger partial charge in [0.15, 0.2) is 0 Å². The number of nitrogens with zero attached hydrogens (tertiary/aromatic N) is 1. The third kappa shape index (κ3) is 4.29. The van der Waals surface area contributed by atoms with E-state index in [0.29, 0.717) is 17.1 Å². The second kappa shape index (κ2) is 8.56. The van der Waals surface area contributed by atoms with Gasteiger partial charge in [-0.15, -0.1) is 0 Å². The van der Waals surface area contributed by atoms with Crippen molar-refractivity contribution < 1.29 is 4.79 Å². The highest BCUT2D eigenvalue weighted by atomic mass is 35.5. The molecule has 0 bridgehead atoms. The Hall–Kier alpha value is -3.37. The maximum atomic E-state index is 12.8. The van der Waals surface area contributed by atoms with Crippen LogP contribution in [0.2, 0.25) is 5.02 Å². The largest absolute Gasteiger partial charge is 0.345 e. The van der Waals surface area contributed by atoms with E-state index >= 15 is 0 Å². The first-order chi connectivity index (χ1) is 14.5. The molecular formula is C25H21ClN2O2. The highest BCUT2D eigenvalue weighted by Gasteiger charge is 2.13. The molecule has 1 aromatic heterocycles. The Morgan fingerprint density at radius 2 is 1.70 bits per heavy atom. The minimum Gasteiger partial charge on any atom is -0.345 e. The van der Waals surface area contributed by atoms with Crippen LogP contribution in [0.3, 0.4) is 0 Å². The van der Waals surface area contributed by atoms with Gasteiger partial charge in [0.05, 0.1) is 18.2 Å². The summed E-state index contributed by atoms with van der Waals surface area (Å²) in [7, 11) is 0. The van der Waals surface area contributed by atoms with Crippen molar-refractivity contribution in [2.45, 2.75) is 19.5 Å². The smallest absolute Gasteiger partial charge is 0.253 e. The van der Waals surface area contributed by atoms with Crippen LogP contribution in [0, 0.1) is 0 Å². The van der Waals surface area contributed by atoms with Gasteiger partial charge in [-0.3, -0.25) is 9.59 Å². The second-order valence-electron chi connectivity index (χ2n) is 7.28. The number of carbonyl (C=O) groups excluding carboxylic acids is 1. The van der Waals surface area contributed by atoms with Crippen molar-refractivity contribution in [3.05, 3.63) is 117 Å². The quantitative estimate of drug-likeness (QED) is 0.486. The molecule has 1 amide bonds. The standard InChI is InChI=1S/C25H21ClN2O2/c1-17(19-11-10-18-6-2-3-7-20(18)14-19)27-25(30)22-12-13-24(29)28(16-22)15-21-8-4-5-9-23(21)26/h2-14,16-17H,15H2,1H3,(H,27,30). The summed E-state index contributed by atoms with van der Waals surface area (Å²) in [6, 6.07) is 24.4. The average molecular weight is 417 g/mol. The monoisotopic (exact) mass is 416 g/mol. The highest BCUT2D eigenvalue weighted by Crippen LogP contribution is 2.21. The SMILES string of the molecule is CC(NC(=O)c1ccc(=O)n(Cc2ccccc2Cl)c1)c1ccc2ccccc2c1. The number of fused-ring (bicyclic) bond motifs is 1. The molecule has 0 aliphatic rings. The molecule has 0 saturated heterocycles. The summed E-state index contributed by atoms with van der Waals surface area (Å²) >= 11 is 6.21. The predicted molar refractivity (Wildman–Crippen MR) is 121 cm³/mol. The van der Waals surface area contributed by atoms with E-state index < -0.39 is 0 Å². The molecule has 1 unspecified atom stereocenters. The molecule has 0 fully saturated rings. The Balaban J connectivity index is 1.54. The van der Waals surface area contributed by atoms with Gasteiger partial charge in [-0.25, -0.2) is 0 Å². The Bertz CT molecular complexity index is 1280. The fraction of sp³-hybridized carbons (Fsp3) is 0.120. The number of nitrogens with one attached hydrogen (secondary N) is 1. The number of hydrogen-bond acceptors (Lipinski definition) is 2. The number of rotatable bonds is 5. The first kappa shape index (κ1) is 19.9. The van der Waals surface area contributed by atoms with Crippen LogP contribution in [0.4, 0.5) is 0 Å². The molecule has 3 aromatic carbocycles. The number of pyridine rings is 1. The van der Waals surface area contributed by atoms with E-state index in [9.17, 15) is 9.59 Å². The lowest BCUT2D eigenvalue weighted by Crippen LogP contribution is -2.29. The van der Waals surface area contributed by atoms with Crippen molar-refractivity contribution >= 4 is 28.3 Å². The van der Waals surface area contributed by atoms with Gasteiger partial charge in [-0.1, -0.05) is 66.2 Å². The van der Waals surface area contributed by atoms with Gasteiger partial charge < -0.3 is 9.88 Å². The number of halogens is 1. The van der Waals surface area contributed by atoms with Crippen molar-refractivity contribution in [3.8, 4) is 0 Å². The Labute approximate surface area is 179 Å². The van der Waals surface area contributed by atoms with Crippen LogP contribution in [0.25, 0.3) is 10.8 Å². The molecule has 30 heavy (non-hydrogen) atoms. The summed E-state index contributed by atoms with van der Waals surface area (Å²) in [6.45, 7) is 2.25. The van der Waals surface area contributed by atoms with E-state index in [1.165, 1.54) is 10.6 Å². The van der Waals surface area contributed by atoms with Crippen LogP contribution >= 0.6 is 11.6 Å². The van der Waals surface area contributed by atoms with Crippen LogP contribution in [0.1, 0.15) is 34.5 Å². The second-order valence-corrected chi connectivity index (χ2v) is 7.68. The molecule has 0 aliphatic heterocycles. The van der Waals surface area contributed by atoms with E-state index in [1.807, 2.05) is 43.3 Å². The third-order valence-corrected chi connectivity index (χ3v) is 5.53. The van der Waals surface area contributed by atoms with Crippen LogP contribution in [0.5, 0.6) is 0 Å². The highest BCUT2D eigenvalue weighted by molar-refractivity contribution is 6.31. The van der Waals surface area contributed by atoms with E-state index in [0.717, 1.165) is 21.9 Å². The molecule has 4 rings (SSSR count). The number of amides is 1. The third-order valence-electron chi connectivity index (χ3n) is 5.17. The van der Waals surface area contributed by atoms with Crippen molar-refractivity contribution in [2.75, 3.05) is 0 Å². The normalized spacial score (nSPS) is 11.9. The van der Waals surface area contributed by atoms with E-state index in [1.54, 1.807) is 18.3 Å². The van der Waals surface area contributed by atoms with Gasteiger partial charge in [-0.05, 0) is 47.0 Å². The summed E-state index contributed by atoms with van der Waals surface area (Å²) in [6.07, 6.45) is 1.58. The first-order valence-corrected chi connectivity index (χ1v) is 10.1. The van der Waals surface area contributed by atoms with Crippen molar-refractivity contribution in [1.29, 1.82) is 0 Å².